The number of rotatable bonds is 5. The molecule has 1 fully saturated rings. The first-order valence-corrected chi connectivity index (χ1v) is 12.3. The lowest BCUT2D eigenvalue weighted by Gasteiger charge is -2.31. The van der Waals surface area contributed by atoms with E-state index in [0.717, 1.165) is 34.4 Å². The van der Waals surface area contributed by atoms with E-state index in [2.05, 4.69) is 5.32 Å². The van der Waals surface area contributed by atoms with Gasteiger partial charge in [-0.3, -0.25) is 4.79 Å². The summed E-state index contributed by atoms with van der Waals surface area (Å²) in [6.45, 7) is 8.03. The quantitative estimate of drug-likeness (QED) is 0.674. The summed E-state index contributed by atoms with van der Waals surface area (Å²) in [5.41, 5.74) is 3.17. The summed E-state index contributed by atoms with van der Waals surface area (Å²) in [7, 11) is -3.68. The van der Waals surface area contributed by atoms with Crippen molar-refractivity contribution in [2.45, 2.75) is 58.2 Å². The molecule has 1 amide bonds. The van der Waals surface area contributed by atoms with E-state index in [0.29, 0.717) is 23.3 Å². The standard InChI is InChI=1S/C24H29F3N2O3S/c1-15-13-16(2)18(4)22(17(15)3)33(31,32)29-11-9-20(10-12-29)23(30)28-14-19-5-7-21(8-6-19)24(25,26)27/h5-8,13,20H,9-12,14H2,1-4H3,(H,28,30). The Morgan fingerprint density at radius 1 is 1.00 bits per heavy atom. The zero-order chi connectivity index (χ0) is 24.6. The Balaban J connectivity index is 1.61. The van der Waals surface area contributed by atoms with Crippen molar-refractivity contribution in [3.8, 4) is 0 Å². The Morgan fingerprint density at radius 3 is 2.00 bits per heavy atom. The minimum Gasteiger partial charge on any atom is -0.352 e. The molecule has 2 aromatic carbocycles. The van der Waals surface area contributed by atoms with Gasteiger partial charge in [-0.25, -0.2) is 8.42 Å². The van der Waals surface area contributed by atoms with Crippen LogP contribution in [0.5, 0.6) is 0 Å². The van der Waals surface area contributed by atoms with Crippen LogP contribution < -0.4 is 5.32 Å². The first-order chi connectivity index (χ1) is 15.3. The lowest BCUT2D eigenvalue weighted by atomic mass is 9.97. The van der Waals surface area contributed by atoms with Gasteiger partial charge in [0.1, 0.15) is 0 Å². The van der Waals surface area contributed by atoms with Crippen LogP contribution in [0.25, 0.3) is 0 Å². The van der Waals surface area contributed by atoms with E-state index < -0.39 is 21.8 Å². The van der Waals surface area contributed by atoms with Crippen LogP contribution in [-0.4, -0.2) is 31.7 Å². The molecule has 9 heteroatoms. The van der Waals surface area contributed by atoms with Crippen LogP contribution in [0.4, 0.5) is 13.2 Å². The predicted octanol–water partition coefficient (Wildman–Crippen LogP) is 4.66. The molecule has 0 unspecified atom stereocenters. The van der Waals surface area contributed by atoms with Crippen LogP contribution in [0.15, 0.2) is 35.2 Å². The first kappa shape index (κ1) is 25.2. The van der Waals surface area contributed by atoms with Gasteiger partial charge >= 0.3 is 6.18 Å². The summed E-state index contributed by atoms with van der Waals surface area (Å²) in [6.07, 6.45) is -3.62. The molecule has 1 aliphatic heterocycles. The van der Waals surface area contributed by atoms with Gasteiger partial charge in [0, 0.05) is 25.6 Å². The summed E-state index contributed by atoms with van der Waals surface area (Å²) in [5, 5.41) is 2.76. The molecule has 0 bridgehead atoms. The number of nitrogens with one attached hydrogen (secondary N) is 1. The highest BCUT2D eigenvalue weighted by Gasteiger charge is 2.34. The number of halogens is 3. The molecule has 0 atom stereocenters. The molecule has 0 aromatic heterocycles. The summed E-state index contributed by atoms with van der Waals surface area (Å²) in [5.74, 6) is -0.557. The van der Waals surface area contributed by atoms with E-state index in [1.807, 2.05) is 33.8 Å². The number of benzene rings is 2. The van der Waals surface area contributed by atoms with E-state index in [-0.39, 0.29) is 31.5 Å². The average Bonchev–Trinajstić information content (AvgIpc) is 2.76. The number of carbonyl (C=O) groups excluding carboxylic acids is 1. The van der Waals surface area contributed by atoms with Gasteiger partial charge in [0.25, 0.3) is 0 Å². The number of nitrogens with zero attached hydrogens (tertiary/aromatic N) is 1. The maximum Gasteiger partial charge on any atom is 0.416 e. The van der Waals surface area contributed by atoms with Gasteiger partial charge in [0.05, 0.1) is 10.5 Å². The number of aryl methyl sites for hydroxylation is 2. The Hall–Kier alpha value is -2.39. The van der Waals surface area contributed by atoms with Gasteiger partial charge in [-0.1, -0.05) is 18.2 Å². The summed E-state index contributed by atoms with van der Waals surface area (Å²) in [6, 6.07) is 6.64. The average molecular weight is 483 g/mol. The van der Waals surface area contributed by atoms with Crippen LogP contribution in [0.1, 0.15) is 46.2 Å². The number of alkyl halides is 3. The monoisotopic (exact) mass is 482 g/mol. The Morgan fingerprint density at radius 2 is 1.52 bits per heavy atom. The van der Waals surface area contributed by atoms with Gasteiger partial charge < -0.3 is 5.32 Å². The van der Waals surface area contributed by atoms with Gasteiger partial charge in [0.2, 0.25) is 15.9 Å². The van der Waals surface area contributed by atoms with Gasteiger partial charge in [-0.15, -0.1) is 0 Å². The first-order valence-electron chi connectivity index (χ1n) is 10.8. The molecule has 0 spiro atoms. The highest BCUT2D eigenvalue weighted by Crippen LogP contribution is 2.31. The number of carbonyl (C=O) groups is 1. The molecular weight excluding hydrogens is 453 g/mol. The predicted molar refractivity (Wildman–Crippen MR) is 120 cm³/mol. The number of amides is 1. The fourth-order valence-electron chi connectivity index (χ4n) is 4.20. The van der Waals surface area contributed by atoms with Gasteiger partial charge in [-0.2, -0.15) is 17.5 Å². The van der Waals surface area contributed by atoms with Gasteiger partial charge in [0.15, 0.2) is 0 Å². The van der Waals surface area contributed by atoms with Crippen molar-refractivity contribution in [1.29, 1.82) is 0 Å². The molecule has 3 rings (SSSR count). The van der Waals surface area contributed by atoms with Crippen LogP contribution in [0.3, 0.4) is 0 Å². The van der Waals surface area contributed by atoms with Crippen molar-refractivity contribution < 1.29 is 26.4 Å². The molecule has 0 radical (unpaired) electrons. The maximum atomic E-state index is 13.4. The molecule has 1 aliphatic rings. The number of hydrogen-bond acceptors (Lipinski definition) is 3. The van der Waals surface area contributed by atoms with E-state index in [4.69, 9.17) is 0 Å². The molecular formula is C24H29F3N2O3S. The largest absolute Gasteiger partial charge is 0.416 e. The SMILES string of the molecule is Cc1cc(C)c(C)c(S(=O)(=O)N2CCC(C(=O)NCc3ccc(C(F)(F)F)cc3)CC2)c1C. The summed E-state index contributed by atoms with van der Waals surface area (Å²) >= 11 is 0. The van der Waals surface area contributed by atoms with Crippen molar-refractivity contribution in [1.82, 2.24) is 9.62 Å². The fraction of sp³-hybridized carbons (Fsp3) is 0.458. The van der Waals surface area contributed by atoms with E-state index in [9.17, 15) is 26.4 Å². The molecule has 1 heterocycles. The molecule has 0 saturated carbocycles. The lowest BCUT2D eigenvalue weighted by molar-refractivity contribution is -0.137. The molecule has 5 nitrogen and oxygen atoms in total. The number of sulfonamides is 1. The third-order valence-corrected chi connectivity index (χ3v) is 8.64. The summed E-state index contributed by atoms with van der Waals surface area (Å²) in [4.78, 5) is 12.9. The molecule has 33 heavy (non-hydrogen) atoms. The van der Waals surface area contributed by atoms with Crippen molar-refractivity contribution in [3.63, 3.8) is 0 Å². The highest BCUT2D eigenvalue weighted by molar-refractivity contribution is 7.89. The van der Waals surface area contributed by atoms with Crippen molar-refractivity contribution >= 4 is 15.9 Å². The Bertz CT molecular complexity index is 1110. The number of piperidine rings is 1. The lowest BCUT2D eigenvalue weighted by Crippen LogP contribution is -2.43. The zero-order valence-electron chi connectivity index (χ0n) is 19.2. The van der Waals surface area contributed by atoms with E-state index in [1.54, 1.807) is 0 Å². The second kappa shape index (κ2) is 9.46. The second-order valence-corrected chi connectivity index (χ2v) is 10.6. The van der Waals surface area contributed by atoms with Crippen LogP contribution >= 0.6 is 0 Å². The minimum absolute atomic E-state index is 0.121. The molecule has 180 valence electrons. The Kier molecular flexibility index (Phi) is 7.24. The van der Waals surface area contributed by atoms with Crippen LogP contribution in [0.2, 0.25) is 0 Å². The van der Waals surface area contributed by atoms with Crippen molar-refractivity contribution in [3.05, 3.63) is 63.7 Å². The van der Waals surface area contributed by atoms with Crippen LogP contribution in [-0.2, 0) is 27.5 Å². The Labute approximate surface area is 193 Å². The third-order valence-electron chi connectivity index (χ3n) is 6.47. The van der Waals surface area contributed by atoms with E-state index in [1.165, 1.54) is 16.4 Å². The second-order valence-electron chi connectivity index (χ2n) is 8.68. The third kappa shape index (κ3) is 5.41. The normalized spacial score (nSPS) is 16.1. The minimum atomic E-state index is -4.40. The summed E-state index contributed by atoms with van der Waals surface area (Å²) < 4.78 is 66.2. The smallest absolute Gasteiger partial charge is 0.352 e. The molecule has 2 aromatic rings. The zero-order valence-corrected chi connectivity index (χ0v) is 20.0. The molecule has 1 N–H and O–H groups in total. The number of hydrogen-bond donors (Lipinski definition) is 1. The van der Waals surface area contributed by atoms with Crippen molar-refractivity contribution in [2.24, 2.45) is 5.92 Å². The topological polar surface area (TPSA) is 66.5 Å². The van der Waals surface area contributed by atoms with Crippen molar-refractivity contribution in [2.75, 3.05) is 13.1 Å². The molecule has 0 aliphatic carbocycles. The maximum absolute atomic E-state index is 13.4. The fourth-order valence-corrected chi connectivity index (χ4v) is 6.25. The van der Waals surface area contributed by atoms with Crippen LogP contribution in [0, 0.1) is 33.6 Å². The molecule has 1 saturated heterocycles. The van der Waals surface area contributed by atoms with E-state index >= 15 is 0 Å². The van der Waals surface area contributed by atoms with Gasteiger partial charge in [-0.05, 0) is 80.5 Å². The highest BCUT2D eigenvalue weighted by atomic mass is 32.2.